The van der Waals surface area contributed by atoms with Crippen LogP contribution in [-0.2, 0) is 12.8 Å². The molecule has 4 aromatic rings. The molecular formula is C23H24N4. The molecule has 4 heteroatoms. The van der Waals surface area contributed by atoms with Crippen molar-refractivity contribution in [1.82, 2.24) is 19.9 Å². The summed E-state index contributed by atoms with van der Waals surface area (Å²) < 4.78 is 0. The lowest BCUT2D eigenvalue weighted by atomic mass is 9.89. The molecular weight excluding hydrogens is 332 g/mol. The van der Waals surface area contributed by atoms with E-state index in [0.717, 1.165) is 36.3 Å². The Morgan fingerprint density at radius 2 is 1.93 bits per heavy atom. The van der Waals surface area contributed by atoms with Gasteiger partial charge in [0.15, 0.2) is 0 Å². The third-order valence-corrected chi connectivity index (χ3v) is 5.16. The highest BCUT2D eigenvalue weighted by atomic mass is 14.9. The lowest BCUT2D eigenvalue weighted by molar-refractivity contribution is 0.596. The summed E-state index contributed by atoms with van der Waals surface area (Å²) in [7, 11) is 0. The number of aryl methyl sites for hydroxylation is 3. The number of nitrogens with one attached hydrogen (secondary N) is 1. The van der Waals surface area contributed by atoms with Crippen molar-refractivity contribution < 1.29 is 0 Å². The number of pyridine rings is 2. The molecule has 1 aromatic carbocycles. The zero-order valence-corrected chi connectivity index (χ0v) is 15.8. The van der Waals surface area contributed by atoms with Gasteiger partial charge in [0.2, 0.25) is 0 Å². The molecule has 1 N–H and O–H groups in total. The molecule has 0 saturated heterocycles. The van der Waals surface area contributed by atoms with Crippen LogP contribution in [0.1, 0.15) is 40.5 Å². The number of imidazole rings is 1. The van der Waals surface area contributed by atoms with E-state index in [1.165, 1.54) is 21.9 Å². The van der Waals surface area contributed by atoms with Crippen molar-refractivity contribution in [3.8, 4) is 0 Å². The summed E-state index contributed by atoms with van der Waals surface area (Å²) in [5, 5.41) is 2.47. The number of rotatable bonds is 6. The molecule has 0 bridgehead atoms. The zero-order valence-electron chi connectivity index (χ0n) is 15.8. The number of aromatic nitrogens is 4. The van der Waals surface area contributed by atoms with Crippen molar-refractivity contribution in [2.24, 2.45) is 0 Å². The highest BCUT2D eigenvalue weighted by molar-refractivity contribution is 5.84. The Balaban J connectivity index is 1.70. The molecule has 0 amide bonds. The molecule has 0 spiro atoms. The van der Waals surface area contributed by atoms with E-state index in [1.54, 1.807) is 6.33 Å². The fourth-order valence-corrected chi connectivity index (χ4v) is 3.74. The average molecular weight is 356 g/mol. The second-order valence-corrected chi connectivity index (χ2v) is 7.19. The maximum Gasteiger partial charge on any atom is 0.0923 e. The first-order valence-electron chi connectivity index (χ1n) is 9.44. The van der Waals surface area contributed by atoms with Crippen LogP contribution in [0.5, 0.6) is 0 Å². The fraction of sp³-hybridized carbons (Fsp3) is 0.261. The summed E-state index contributed by atoms with van der Waals surface area (Å²) in [5.41, 5.74) is 5.86. The van der Waals surface area contributed by atoms with E-state index in [4.69, 9.17) is 9.97 Å². The molecule has 4 rings (SSSR count). The molecule has 27 heavy (non-hydrogen) atoms. The van der Waals surface area contributed by atoms with Gasteiger partial charge in [-0.1, -0.05) is 30.3 Å². The fourth-order valence-electron chi connectivity index (χ4n) is 3.74. The molecule has 0 aliphatic carbocycles. The van der Waals surface area contributed by atoms with Crippen molar-refractivity contribution >= 4 is 10.8 Å². The molecule has 0 radical (unpaired) electrons. The number of hydrogen-bond donors (Lipinski definition) is 1. The minimum Gasteiger partial charge on any atom is -0.351 e. The largest absolute Gasteiger partial charge is 0.351 e. The van der Waals surface area contributed by atoms with Crippen LogP contribution in [0, 0.1) is 13.8 Å². The summed E-state index contributed by atoms with van der Waals surface area (Å²) in [6.45, 7) is 4.24. The Bertz CT molecular complexity index is 1030. The standard InChI is InChI=1S/C23H24N4/c1-16-11-17(2)22(26-13-16)12-19(7-8-20-14-24-15-27-20)23-21-6-4-3-5-18(21)9-10-25-23/h3-6,9-11,13-15,19H,7-8,12H2,1-2H3,(H,24,27). The van der Waals surface area contributed by atoms with E-state index in [9.17, 15) is 0 Å². The van der Waals surface area contributed by atoms with Crippen LogP contribution >= 0.6 is 0 Å². The van der Waals surface area contributed by atoms with E-state index < -0.39 is 0 Å². The number of aromatic amines is 1. The third-order valence-electron chi connectivity index (χ3n) is 5.16. The van der Waals surface area contributed by atoms with E-state index in [0.29, 0.717) is 5.92 Å². The Morgan fingerprint density at radius 1 is 1.04 bits per heavy atom. The maximum atomic E-state index is 4.79. The Kier molecular flexibility index (Phi) is 4.97. The van der Waals surface area contributed by atoms with Gasteiger partial charge in [0.1, 0.15) is 0 Å². The summed E-state index contributed by atoms with van der Waals surface area (Å²) in [6.07, 6.45) is 10.4. The van der Waals surface area contributed by atoms with Gasteiger partial charge in [0.25, 0.3) is 0 Å². The molecule has 1 unspecified atom stereocenters. The van der Waals surface area contributed by atoms with Crippen LogP contribution in [0.2, 0.25) is 0 Å². The van der Waals surface area contributed by atoms with Crippen molar-refractivity contribution in [3.63, 3.8) is 0 Å². The monoisotopic (exact) mass is 356 g/mol. The minimum atomic E-state index is 0.293. The predicted octanol–water partition coefficient (Wildman–Crippen LogP) is 4.93. The smallest absolute Gasteiger partial charge is 0.0923 e. The Morgan fingerprint density at radius 3 is 2.74 bits per heavy atom. The van der Waals surface area contributed by atoms with Gasteiger partial charge >= 0.3 is 0 Å². The summed E-state index contributed by atoms with van der Waals surface area (Å²) in [4.78, 5) is 17.0. The molecule has 0 saturated carbocycles. The number of benzene rings is 1. The number of fused-ring (bicyclic) bond motifs is 1. The molecule has 3 heterocycles. The predicted molar refractivity (Wildman–Crippen MR) is 109 cm³/mol. The van der Waals surface area contributed by atoms with E-state index in [1.807, 2.05) is 18.6 Å². The molecule has 4 nitrogen and oxygen atoms in total. The lowest BCUT2D eigenvalue weighted by Crippen LogP contribution is -2.10. The van der Waals surface area contributed by atoms with E-state index in [2.05, 4.69) is 60.2 Å². The van der Waals surface area contributed by atoms with Crippen molar-refractivity contribution in [2.75, 3.05) is 0 Å². The third kappa shape index (κ3) is 3.90. The van der Waals surface area contributed by atoms with Gasteiger partial charge in [-0.05, 0) is 55.7 Å². The van der Waals surface area contributed by atoms with Gasteiger partial charge in [-0.3, -0.25) is 9.97 Å². The van der Waals surface area contributed by atoms with Crippen molar-refractivity contribution in [1.29, 1.82) is 0 Å². The van der Waals surface area contributed by atoms with Crippen LogP contribution in [0.3, 0.4) is 0 Å². The van der Waals surface area contributed by atoms with Gasteiger partial charge in [0.05, 0.1) is 17.7 Å². The molecule has 1 atom stereocenters. The molecule has 3 aromatic heterocycles. The van der Waals surface area contributed by atoms with E-state index in [-0.39, 0.29) is 0 Å². The first kappa shape index (κ1) is 17.4. The molecule has 136 valence electrons. The summed E-state index contributed by atoms with van der Waals surface area (Å²) in [6, 6.07) is 12.8. The quantitative estimate of drug-likeness (QED) is 0.533. The van der Waals surface area contributed by atoms with Gasteiger partial charge in [-0.15, -0.1) is 0 Å². The highest BCUT2D eigenvalue weighted by Gasteiger charge is 2.19. The van der Waals surface area contributed by atoms with Gasteiger partial charge < -0.3 is 4.98 Å². The van der Waals surface area contributed by atoms with Crippen LogP contribution in [0.25, 0.3) is 10.8 Å². The van der Waals surface area contributed by atoms with Crippen LogP contribution < -0.4 is 0 Å². The second kappa shape index (κ2) is 7.70. The van der Waals surface area contributed by atoms with Gasteiger partial charge in [0, 0.05) is 35.6 Å². The molecule has 0 aliphatic heterocycles. The van der Waals surface area contributed by atoms with Crippen molar-refractivity contribution in [3.05, 3.63) is 89.5 Å². The Labute approximate surface area is 159 Å². The number of H-pyrrole nitrogens is 1. The number of nitrogens with zero attached hydrogens (tertiary/aromatic N) is 3. The van der Waals surface area contributed by atoms with Gasteiger partial charge in [-0.2, -0.15) is 0 Å². The minimum absolute atomic E-state index is 0.293. The first-order chi connectivity index (χ1) is 13.2. The average Bonchev–Trinajstić information content (AvgIpc) is 3.20. The zero-order chi connectivity index (χ0) is 18.6. The Hall–Kier alpha value is -3.01. The van der Waals surface area contributed by atoms with Crippen LogP contribution in [0.4, 0.5) is 0 Å². The normalized spacial score (nSPS) is 12.4. The summed E-state index contributed by atoms with van der Waals surface area (Å²) in [5.74, 6) is 0.293. The van der Waals surface area contributed by atoms with Gasteiger partial charge in [-0.25, -0.2) is 4.98 Å². The van der Waals surface area contributed by atoms with Crippen LogP contribution in [0.15, 0.2) is 61.3 Å². The molecule has 0 fully saturated rings. The van der Waals surface area contributed by atoms with Crippen molar-refractivity contribution in [2.45, 2.75) is 39.0 Å². The number of hydrogen-bond acceptors (Lipinski definition) is 3. The highest BCUT2D eigenvalue weighted by Crippen LogP contribution is 2.30. The molecule has 0 aliphatic rings. The van der Waals surface area contributed by atoms with Crippen LogP contribution in [-0.4, -0.2) is 19.9 Å². The summed E-state index contributed by atoms with van der Waals surface area (Å²) >= 11 is 0. The second-order valence-electron chi connectivity index (χ2n) is 7.19. The first-order valence-corrected chi connectivity index (χ1v) is 9.44. The topological polar surface area (TPSA) is 54.5 Å². The maximum absolute atomic E-state index is 4.79. The lowest BCUT2D eigenvalue weighted by Gasteiger charge is -2.19. The van der Waals surface area contributed by atoms with E-state index >= 15 is 0 Å². The SMILES string of the molecule is Cc1cnc(CC(CCc2c[nH]cn2)c2nccc3ccccc23)c(C)c1.